The zero-order valence-electron chi connectivity index (χ0n) is 8.06. The summed E-state index contributed by atoms with van der Waals surface area (Å²) < 4.78 is 25.3. The third-order valence-electron chi connectivity index (χ3n) is 1.85. The van der Waals surface area contributed by atoms with Crippen LogP contribution in [0.3, 0.4) is 0 Å². The van der Waals surface area contributed by atoms with E-state index in [0.717, 1.165) is 18.6 Å². The molecule has 0 aliphatic heterocycles. The average molecular weight is 200 g/mol. The first-order valence-corrected chi connectivity index (χ1v) is 4.54. The molecule has 0 saturated carbocycles. The van der Waals surface area contributed by atoms with Crippen molar-refractivity contribution in [3.05, 3.63) is 29.8 Å². The summed E-state index contributed by atoms with van der Waals surface area (Å²) in [5, 5.41) is 2.96. The quantitative estimate of drug-likeness (QED) is 0.781. The van der Waals surface area contributed by atoms with Crippen LogP contribution in [-0.4, -0.2) is 12.6 Å². The van der Waals surface area contributed by atoms with Gasteiger partial charge < -0.3 is 11.1 Å². The maximum atomic E-state index is 12.7. The van der Waals surface area contributed by atoms with Gasteiger partial charge in [0.25, 0.3) is 0 Å². The highest BCUT2D eigenvalue weighted by molar-refractivity contribution is 5.43. The Labute approximate surface area is 82.1 Å². The summed E-state index contributed by atoms with van der Waals surface area (Å²) in [6, 6.07) is 3.84. The van der Waals surface area contributed by atoms with Crippen molar-refractivity contribution in [2.24, 2.45) is 5.73 Å². The monoisotopic (exact) mass is 200 g/mol. The van der Waals surface area contributed by atoms with Crippen molar-refractivity contribution in [1.82, 2.24) is 0 Å². The van der Waals surface area contributed by atoms with Crippen molar-refractivity contribution in [2.75, 3.05) is 11.9 Å². The molecule has 1 rings (SSSR count). The molecule has 0 radical (unpaired) electrons. The summed E-state index contributed by atoms with van der Waals surface area (Å²) in [5.41, 5.74) is 6.11. The summed E-state index contributed by atoms with van der Waals surface area (Å²) in [5.74, 6) is -1.67. The summed E-state index contributed by atoms with van der Waals surface area (Å²) in [7, 11) is 0. The Morgan fingerprint density at radius 2 is 2.07 bits per heavy atom. The van der Waals surface area contributed by atoms with Crippen LogP contribution in [-0.2, 0) is 0 Å². The van der Waals surface area contributed by atoms with Gasteiger partial charge in [0.1, 0.15) is 0 Å². The van der Waals surface area contributed by atoms with E-state index in [0.29, 0.717) is 12.2 Å². The Balaban J connectivity index is 2.47. The normalized spacial score (nSPS) is 12.6. The molecule has 0 aromatic heterocycles. The lowest BCUT2D eigenvalue weighted by atomic mass is 10.2. The van der Waals surface area contributed by atoms with E-state index in [1.807, 2.05) is 6.92 Å². The van der Waals surface area contributed by atoms with Gasteiger partial charge in [-0.2, -0.15) is 0 Å². The Kier molecular flexibility index (Phi) is 3.83. The van der Waals surface area contributed by atoms with Crippen LogP contribution < -0.4 is 11.1 Å². The minimum Gasteiger partial charge on any atom is -0.385 e. The summed E-state index contributed by atoms with van der Waals surface area (Å²) in [6.45, 7) is 2.55. The molecule has 0 aliphatic carbocycles. The third-order valence-corrected chi connectivity index (χ3v) is 1.85. The van der Waals surface area contributed by atoms with Crippen molar-refractivity contribution in [1.29, 1.82) is 0 Å². The van der Waals surface area contributed by atoms with Crippen LogP contribution in [0.4, 0.5) is 14.5 Å². The smallest absolute Gasteiger partial charge is 0.160 e. The molecule has 3 N–H and O–H groups in total. The molecule has 0 fully saturated rings. The SMILES string of the molecule is CC(N)CCNc1ccc(F)c(F)c1. The van der Waals surface area contributed by atoms with E-state index in [1.54, 1.807) is 0 Å². The van der Waals surface area contributed by atoms with Gasteiger partial charge in [-0.05, 0) is 31.5 Å². The molecule has 78 valence electrons. The lowest BCUT2D eigenvalue weighted by Crippen LogP contribution is -2.19. The van der Waals surface area contributed by atoms with E-state index in [-0.39, 0.29) is 6.04 Å². The van der Waals surface area contributed by atoms with Gasteiger partial charge in [-0.15, -0.1) is 0 Å². The number of hydrogen-bond acceptors (Lipinski definition) is 2. The first kappa shape index (κ1) is 10.9. The second kappa shape index (κ2) is 4.91. The van der Waals surface area contributed by atoms with E-state index in [2.05, 4.69) is 5.32 Å². The van der Waals surface area contributed by atoms with Gasteiger partial charge in [0.05, 0.1) is 0 Å². The number of anilines is 1. The molecule has 1 aromatic rings. The molecule has 1 atom stereocenters. The first-order chi connectivity index (χ1) is 6.59. The highest BCUT2D eigenvalue weighted by Gasteiger charge is 2.01. The van der Waals surface area contributed by atoms with Crippen LogP contribution in [0.1, 0.15) is 13.3 Å². The van der Waals surface area contributed by atoms with Crippen molar-refractivity contribution < 1.29 is 8.78 Å². The highest BCUT2D eigenvalue weighted by Crippen LogP contribution is 2.12. The molecule has 0 aliphatic rings. The predicted octanol–water partition coefficient (Wildman–Crippen LogP) is 2.11. The Bertz CT molecular complexity index is 300. The minimum atomic E-state index is -0.837. The molecule has 14 heavy (non-hydrogen) atoms. The zero-order chi connectivity index (χ0) is 10.6. The van der Waals surface area contributed by atoms with Crippen LogP contribution in [0.2, 0.25) is 0 Å². The zero-order valence-corrected chi connectivity index (χ0v) is 8.06. The van der Waals surface area contributed by atoms with E-state index < -0.39 is 11.6 Å². The molecule has 0 spiro atoms. The molecule has 1 aromatic carbocycles. The highest BCUT2D eigenvalue weighted by atomic mass is 19.2. The third kappa shape index (κ3) is 3.30. The largest absolute Gasteiger partial charge is 0.385 e. The van der Waals surface area contributed by atoms with Gasteiger partial charge in [-0.25, -0.2) is 8.78 Å². The second-order valence-electron chi connectivity index (χ2n) is 3.32. The van der Waals surface area contributed by atoms with Crippen molar-refractivity contribution in [2.45, 2.75) is 19.4 Å². The van der Waals surface area contributed by atoms with Crippen molar-refractivity contribution in [3.63, 3.8) is 0 Å². The fourth-order valence-electron chi connectivity index (χ4n) is 1.05. The lowest BCUT2D eigenvalue weighted by Gasteiger charge is -2.08. The Morgan fingerprint density at radius 3 is 2.64 bits per heavy atom. The molecular weight excluding hydrogens is 186 g/mol. The minimum absolute atomic E-state index is 0.104. The summed E-state index contributed by atoms with van der Waals surface area (Å²) >= 11 is 0. The van der Waals surface area contributed by atoms with Crippen LogP contribution >= 0.6 is 0 Å². The number of nitrogens with two attached hydrogens (primary N) is 1. The summed E-state index contributed by atoms with van der Waals surface area (Å²) in [4.78, 5) is 0. The number of rotatable bonds is 4. The number of nitrogens with one attached hydrogen (secondary N) is 1. The Morgan fingerprint density at radius 1 is 1.36 bits per heavy atom. The van der Waals surface area contributed by atoms with Crippen LogP contribution in [0.15, 0.2) is 18.2 Å². The van der Waals surface area contributed by atoms with Crippen molar-refractivity contribution >= 4 is 5.69 Å². The van der Waals surface area contributed by atoms with Crippen LogP contribution in [0, 0.1) is 11.6 Å². The predicted molar refractivity (Wildman–Crippen MR) is 53.1 cm³/mol. The molecule has 0 bridgehead atoms. The van der Waals surface area contributed by atoms with E-state index in [4.69, 9.17) is 5.73 Å². The van der Waals surface area contributed by atoms with Crippen LogP contribution in [0.25, 0.3) is 0 Å². The molecule has 0 amide bonds. The van der Waals surface area contributed by atoms with Crippen molar-refractivity contribution in [3.8, 4) is 0 Å². The van der Waals surface area contributed by atoms with Gasteiger partial charge in [0.2, 0.25) is 0 Å². The molecule has 2 nitrogen and oxygen atoms in total. The average Bonchev–Trinajstić information content (AvgIpc) is 2.10. The Hall–Kier alpha value is -1.16. The topological polar surface area (TPSA) is 38.0 Å². The fourth-order valence-corrected chi connectivity index (χ4v) is 1.05. The molecule has 0 heterocycles. The lowest BCUT2D eigenvalue weighted by molar-refractivity contribution is 0.509. The molecular formula is C10H14F2N2. The number of benzene rings is 1. The second-order valence-corrected chi connectivity index (χ2v) is 3.32. The standard InChI is InChI=1S/C10H14F2N2/c1-7(13)4-5-14-8-2-3-9(11)10(12)6-8/h2-3,6-7,14H,4-5,13H2,1H3. The van der Waals surface area contributed by atoms with Gasteiger partial charge in [0.15, 0.2) is 11.6 Å². The van der Waals surface area contributed by atoms with Gasteiger partial charge in [-0.3, -0.25) is 0 Å². The van der Waals surface area contributed by atoms with Crippen LogP contribution in [0.5, 0.6) is 0 Å². The van der Waals surface area contributed by atoms with Gasteiger partial charge >= 0.3 is 0 Å². The maximum absolute atomic E-state index is 12.7. The fraction of sp³-hybridized carbons (Fsp3) is 0.400. The molecule has 1 unspecified atom stereocenters. The van der Waals surface area contributed by atoms with E-state index in [9.17, 15) is 8.78 Å². The number of halogens is 2. The first-order valence-electron chi connectivity index (χ1n) is 4.54. The molecule has 0 saturated heterocycles. The maximum Gasteiger partial charge on any atom is 0.160 e. The number of hydrogen-bond donors (Lipinski definition) is 2. The van der Waals surface area contributed by atoms with Gasteiger partial charge in [-0.1, -0.05) is 0 Å². The summed E-state index contributed by atoms with van der Waals surface area (Å²) in [6.07, 6.45) is 0.791. The van der Waals surface area contributed by atoms with E-state index >= 15 is 0 Å². The molecule has 4 heteroatoms. The van der Waals surface area contributed by atoms with E-state index in [1.165, 1.54) is 6.07 Å². The van der Waals surface area contributed by atoms with Gasteiger partial charge in [0, 0.05) is 18.3 Å².